The van der Waals surface area contributed by atoms with Crippen LogP contribution in [0, 0.1) is 11.8 Å². The Hall–Kier alpha value is -3.04. The first-order valence-corrected chi connectivity index (χ1v) is 15.0. The lowest BCUT2D eigenvalue weighted by Crippen LogP contribution is -2.52. The molecule has 3 aliphatic rings. The second-order valence-corrected chi connectivity index (χ2v) is 13.2. The monoisotopic (exact) mass is 565 g/mol. The van der Waals surface area contributed by atoms with E-state index in [0.29, 0.717) is 24.5 Å². The molecule has 5 rings (SSSR count). The van der Waals surface area contributed by atoms with Crippen molar-refractivity contribution in [1.82, 2.24) is 10.2 Å². The van der Waals surface area contributed by atoms with Gasteiger partial charge in [-0.1, -0.05) is 43.2 Å². The normalized spacial score (nSPS) is 28.4. The number of aliphatic hydroxyl groups excluding tert-OH is 1. The lowest BCUT2D eigenvalue weighted by atomic mass is 9.66. The summed E-state index contributed by atoms with van der Waals surface area (Å²) in [7, 11) is 1.59. The average Bonchev–Trinajstić information content (AvgIpc) is 3.53. The van der Waals surface area contributed by atoms with Gasteiger partial charge in [-0.2, -0.15) is 0 Å². The van der Waals surface area contributed by atoms with Gasteiger partial charge in [0, 0.05) is 30.1 Å². The summed E-state index contributed by atoms with van der Waals surface area (Å²) in [4.78, 5) is 43.6. The third-order valence-corrected chi connectivity index (χ3v) is 10.8. The van der Waals surface area contributed by atoms with Gasteiger partial charge in [0.2, 0.25) is 17.7 Å². The molecule has 0 saturated carbocycles. The van der Waals surface area contributed by atoms with Gasteiger partial charge in [-0.15, -0.1) is 11.8 Å². The molecular weight excluding hydrogens is 526 g/mol. The number of aliphatic hydroxyl groups is 1. The van der Waals surface area contributed by atoms with Gasteiger partial charge >= 0.3 is 0 Å². The van der Waals surface area contributed by atoms with E-state index in [-0.39, 0.29) is 24.3 Å². The number of carbonyl (C=O) groups excluding carboxylic acids is 3. The number of hydrogen-bond donors (Lipinski definition) is 3. The van der Waals surface area contributed by atoms with Gasteiger partial charge in [-0.25, -0.2) is 0 Å². The van der Waals surface area contributed by atoms with Crippen molar-refractivity contribution in [3.05, 3.63) is 60.2 Å². The second-order valence-electron chi connectivity index (χ2n) is 11.3. The van der Waals surface area contributed by atoms with E-state index < -0.39 is 27.4 Å². The lowest BCUT2D eigenvalue weighted by molar-refractivity contribution is -0.140. The van der Waals surface area contributed by atoms with Crippen molar-refractivity contribution in [1.29, 1.82) is 0 Å². The van der Waals surface area contributed by atoms with E-state index >= 15 is 0 Å². The molecule has 3 fully saturated rings. The van der Waals surface area contributed by atoms with Crippen molar-refractivity contribution in [2.45, 2.75) is 67.5 Å². The molecule has 2 aromatic carbocycles. The van der Waals surface area contributed by atoms with E-state index in [0.717, 1.165) is 44.1 Å². The highest BCUT2D eigenvalue weighted by atomic mass is 32.2. The highest BCUT2D eigenvalue weighted by Crippen LogP contribution is 2.71. The van der Waals surface area contributed by atoms with E-state index in [1.54, 1.807) is 48.0 Å². The quantitative estimate of drug-likeness (QED) is 0.336. The Morgan fingerprint density at radius 2 is 1.75 bits per heavy atom. The Kier molecular flexibility index (Phi) is 8.42. The van der Waals surface area contributed by atoms with E-state index in [1.807, 2.05) is 30.3 Å². The standard InChI is InChI=1S/C31H39N3O5S/c1-30-16-17-31(40-30)25(24(30)27(36)32-20-21-10-6-5-7-11-21)29(38)34(18-8-3-4-9-19-35)26(31)28(37)33-22-12-14-23(39-2)15-13-22/h5-7,10-15,24-26,35H,3-4,8-9,16-20H2,1-2H3,(H,32,36)(H,33,37)/t24-,25-,26?,30+,31?/m0/s1. The Morgan fingerprint density at radius 1 is 1.02 bits per heavy atom. The number of likely N-dealkylation sites (tertiary alicyclic amines) is 1. The zero-order valence-electron chi connectivity index (χ0n) is 23.2. The van der Waals surface area contributed by atoms with Crippen LogP contribution in [0.25, 0.3) is 0 Å². The van der Waals surface area contributed by atoms with Crippen LogP contribution in [0.3, 0.4) is 0 Å². The van der Waals surface area contributed by atoms with Crippen molar-refractivity contribution in [3.63, 3.8) is 0 Å². The van der Waals surface area contributed by atoms with Crippen molar-refractivity contribution >= 4 is 35.2 Å². The maximum Gasteiger partial charge on any atom is 0.248 e. The molecule has 214 valence electrons. The average molecular weight is 566 g/mol. The predicted octanol–water partition coefficient (Wildman–Crippen LogP) is 3.98. The number of methoxy groups -OCH3 is 1. The highest BCUT2D eigenvalue weighted by Gasteiger charge is 2.76. The van der Waals surface area contributed by atoms with Crippen LogP contribution in [0.4, 0.5) is 5.69 Å². The molecule has 8 nitrogen and oxygen atoms in total. The number of unbranched alkanes of at least 4 members (excludes halogenated alkanes) is 3. The minimum Gasteiger partial charge on any atom is -0.497 e. The van der Waals surface area contributed by atoms with Gasteiger partial charge in [0.25, 0.3) is 0 Å². The predicted molar refractivity (Wildman–Crippen MR) is 156 cm³/mol. The first-order chi connectivity index (χ1) is 19.3. The van der Waals surface area contributed by atoms with Crippen molar-refractivity contribution in [2.75, 3.05) is 25.6 Å². The number of rotatable bonds is 12. The summed E-state index contributed by atoms with van der Waals surface area (Å²) in [6.45, 7) is 3.10. The fourth-order valence-corrected chi connectivity index (χ4v) is 9.25. The molecule has 0 aromatic heterocycles. The van der Waals surface area contributed by atoms with Crippen molar-refractivity contribution in [2.24, 2.45) is 11.8 Å². The fraction of sp³-hybridized carbons (Fsp3) is 0.516. The minimum atomic E-state index is -0.663. The largest absolute Gasteiger partial charge is 0.497 e. The molecule has 3 saturated heterocycles. The molecular formula is C31H39N3O5S. The summed E-state index contributed by atoms with van der Waals surface area (Å²) >= 11 is 1.68. The maximum atomic E-state index is 14.2. The van der Waals surface area contributed by atoms with Crippen LogP contribution >= 0.6 is 11.8 Å². The van der Waals surface area contributed by atoms with Crippen LogP contribution in [-0.4, -0.2) is 63.5 Å². The SMILES string of the molecule is COc1ccc(NC(=O)C2N(CCCCCCO)C(=O)[C@@H]3[C@@H](C(=O)NCc4ccccc4)[C@@]4(C)CCC23S4)cc1. The Labute approximate surface area is 240 Å². The summed E-state index contributed by atoms with van der Waals surface area (Å²) in [5.74, 6) is -0.766. The molecule has 2 unspecified atom stereocenters. The number of ether oxygens (including phenoxy) is 1. The van der Waals surface area contributed by atoms with Crippen LogP contribution in [0.15, 0.2) is 54.6 Å². The lowest BCUT2D eigenvalue weighted by Gasteiger charge is -2.35. The Bertz CT molecular complexity index is 1230. The summed E-state index contributed by atoms with van der Waals surface area (Å²) in [6, 6.07) is 16.3. The van der Waals surface area contributed by atoms with Crippen LogP contribution in [0.1, 0.15) is 51.0 Å². The number of carbonyl (C=O) groups is 3. The molecule has 0 aliphatic carbocycles. The van der Waals surface area contributed by atoms with E-state index in [1.165, 1.54) is 0 Å². The topological polar surface area (TPSA) is 108 Å². The maximum absolute atomic E-state index is 14.2. The molecule has 2 aromatic rings. The molecule has 3 amide bonds. The summed E-state index contributed by atoms with van der Waals surface area (Å²) in [5.41, 5.74) is 1.65. The zero-order chi connectivity index (χ0) is 28.3. The van der Waals surface area contributed by atoms with E-state index in [9.17, 15) is 14.4 Å². The summed E-state index contributed by atoms with van der Waals surface area (Å²) < 4.78 is 4.18. The smallest absolute Gasteiger partial charge is 0.248 e. The number of anilines is 1. The molecule has 9 heteroatoms. The third-order valence-electron chi connectivity index (χ3n) is 8.78. The number of fused-ring (bicyclic) bond motifs is 1. The van der Waals surface area contributed by atoms with Crippen molar-refractivity contribution in [3.8, 4) is 5.75 Å². The first-order valence-electron chi connectivity index (χ1n) is 14.2. The van der Waals surface area contributed by atoms with Crippen molar-refractivity contribution < 1.29 is 24.2 Å². The van der Waals surface area contributed by atoms with Gasteiger partial charge < -0.3 is 25.4 Å². The van der Waals surface area contributed by atoms with Gasteiger partial charge in [-0.3, -0.25) is 14.4 Å². The molecule has 40 heavy (non-hydrogen) atoms. The van der Waals surface area contributed by atoms with Gasteiger partial charge in [0.1, 0.15) is 11.8 Å². The molecule has 3 aliphatic heterocycles. The zero-order valence-corrected chi connectivity index (χ0v) is 24.0. The number of benzene rings is 2. The van der Waals surface area contributed by atoms with Gasteiger partial charge in [0.05, 0.1) is 23.7 Å². The Balaban J connectivity index is 1.40. The molecule has 3 N–H and O–H groups in total. The number of nitrogens with one attached hydrogen (secondary N) is 2. The molecule has 3 heterocycles. The first kappa shape index (κ1) is 28.5. The summed E-state index contributed by atoms with van der Waals surface area (Å²) in [5, 5.41) is 15.3. The second kappa shape index (κ2) is 11.8. The highest BCUT2D eigenvalue weighted by molar-refractivity contribution is 8.02. The molecule has 5 atom stereocenters. The third kappa shape index (κ3) is 5.21. The molecule has 2 bridgehead atoms. The van der Waals surface area contributed by atoms with Crippen LogP contribution in [0.5, 0.6) is 5.75 Å². The van der Waals surface area contributed by atoms with Crippen LogP contribution in [0.2, 0.25) is 0 Å². The van der Waals surface area contributed by atoms with Gasteiger partial charge in [0.15, 0.2) is 0 Å². The number of hydrogen-bond acceptors (Lipinski definition) is 6. The number of nitrogens with zero attached hydrogens (tertiary/aromatic N) is 1. The Morgan fingerprint density at radius 3 is 2.45 bits per heavy atom. The van der Waals surface area contributed by atoms with Crippen LogP contribution < -0.4 is 15.4 Å². The van der Waals surface area contributed by atoms with Crippen LogP contribution in [-0.2, 0) is 20.9 Å². The minimum absolute atomic E-state index is 0.0900. The number of amides is 3. The molecule has 1 spiro atoms. The van der Waals surface area contributed by atoms with E-state index in [2.05, 4.69) is 17.6 Å². The van der Waals surface area contributed by atoms with E-state index in [4.69, 9.17) is 9.84 Å². The van der Waals surface area contributed by atoms with Gasteiger partial charge in [-0.05, 0) is 62.4 Å². The fourth-order valence-electron chi connectivity index (χ4n) is 6.90. The number of thioether (sulfide) groups is 1. The summed E-state index contributed by atoms with van der Waals surface area (Å²) in [6.07, 6.45) is 4.69. The molecule has 0 radical (unpaired) electrons.